The largest absolute Gasteiger partial charge is 0.224 e. The molecule has 1 rings (SSSR count). The third-order valence-corrected chi connectivity index (χ3v) is 2.19. The predicted octanol–water partition coefficient (Wildman–Crippen LogP) is 3.60. The minimum absolute atomic E-state index is 0.331. The van der Waals surface area contributed by atoms with Gasteiger partial charge in [0.1, 0.15) is 10.3 Å². The summed E-state index contributed by atoms with van der Waals surface area (Å²) >= 11 is 17.2. The van der Waals surface area contributed by atoms with Crippen LogP contribution in [0.15, 0.2) is 6.07 Å². The molecule has 0 aromatic carbocycles. The number of hydrogen-bond donors (Lipinski definition) is 0. The van der Waals surface area contributed by atoms with E-state index in [2.05, 4.69) is 4.98 Å². The van der Waals surface area contributed by atoms with Crippen molar-refractivity contribution in [1.82, 2.24) is 4.98 Å². The Morgan fingerprint density at radius 2 is 2.00 bits per heavy atom. The first kappa shape index (κ1) is 9.11. The monoisotopic (exact) mass is 209 g/mol. The summed E-state index contributed by atoms with van der Waals surface area (Å²) in [5.41, 5.74) is 0.845. The van der Waals surface area contributed by atoms with Crippen LogP contribution < -0.4 is 0 Å². The molecule has 1 aromatic heterocycles. The number of hydrogen-bond acceptors (Lipinski definition) is 1. The number of nitrogens with zero attached hydrogens (tertiary/aromatic N) is 1. The van der Waals surface area contributed by atoms with Gasteiger partial charge in [-0.25, -0.2) is 4.98 Å². The van der Waals surface area contributed by atoms with Gasteiger partial charge in [-0.05, 0) is 12.5 Å². The number of aromatic nitrogens is 1. The summed E-state index contributed by atoms with van der Waals surface area (Å²) in [5, 5.41) is 1.31. The summed E-state index contributed by atoms with van der Waals surface area (Å²) in [6.07, 6.45) is 0.766. The maximum Gasteiger partial charge on any atom is 0.135 e. The molecule has 4 heteroatoms. The Balaban J connectivity index is 3.25. The highest BCUT2D eigenvalue weighted by Crippen LogP contribution is 2.25. The lowest BCUT2D eigenvalue weighted by Gasteiger charge is -2.02. The molecule has 11 heavy (non-hydrogen) atoms. The minimum atomic E-state index is 0.331. The molecule has 1 aromatic rings. The van der Waals surface area contributed by atoms with E-state index in [4.69, 9.17) is 34.8 Å². The van der Waals surface area contributed by atoms with Gasteiger partial charge in [-0.15, -0.1) is 0 Å². The molecule has 0 N–H and O–H groups in total. The van der Waals surface area contributed by atoms with Gasteiger partial charge in [-0.2, -0.15) is 0 Å². The number of rotatable bonds is 1. The zero-order valence-corrected chi connectivity index (χ0v) is 8.13. The Labute approximate surface area is 80.3 Å². The Bertz CT molecular complexity index is 249. The molecule has 0 saturated carbocycles. The SMILES string of the molecule is CCc1c(Cl)cc(Cl)nc1Cl. The van der Waals surface area contributed by atoms with Crippen LogP contribution in [-0.2, 0) is 6.42 Å². The van der Waals surface area contributed by atoms with Crippen LogP contribution in [0.2, 0.25) is 15.3 Å². The second-order valence-corrected chi connectivity index (χ2v) is 3.20. The molecule has 0 bridgehead atoms. The van der Waals surface area contributed by atoms with Crippen LogP contribution >= 0.6 is 34.8 Å². The molecule has 0 spiro atoms. The highest BCUT2D eigenvalue weighted by Gasteiger charge is 2.05. The molecule has 0 fully saturated rings. The molecule has 0 aliphatic carbocycles. The smallest absolute Gasteiger partial charge is 0.135 e. The van der Waals surface area contributed by atoms with Gasteiger partial charge >= 0.3 is 0 Å². The van der Waals surface area contributed by atoms with Crippen LogP contribution in [0.5, 0.6) is 0 Å². The lowest BCUT2D eigenvalue weighted by atomic mass is 10.2. The van der Waals surface area contributed by atoms with Crippen molar-refractivity contribution in [1.29, 1.82) is 0 Å². The fraction of sp³-hybridized carbons (Fsp3) is 0.286. The van der Waals surface area contributed by atoms with Gasteiger partial charge in [0.15, 0.2) is 0 Å². The van der Waals surface area contributed by atoms with Gasteiger partial charge in [-0.3, -0.25) is 0 Å². The van der Waals surface area contributed by atoms with Crippen molar-refractivity contribution >= 4 is 34.8 Å². The van der Waals surface area contributed by atoms with Gasteiger partial charge in [0, 0.05) is 10.6 Å². The van der Waals surface area contributed by atoms with E-state index in [9.17, 15) is 0 Å². The van der Waals surface area contributed by atoms with E-state index in [1.807, 2.05) is 6.92 Å². The first-order chi connectivity index (χ1) is 5.15. The molecular weight excluding hydrogens is 204 g/mol. The van der Waals surface area contributed by atoms with Crippen molar-refractivity contribution in [3.63, 3.8) is 0 Å². The van der Waals surface area contributed by atoms with Gasteiger partial charge < -0.3 is 0 Å². The molecule has 60 valence electrons. The van der Waals surface area contributed by atoms with Crippen LogP contribution in [0, 0.1) is 0 Å². The van der Waals surface area contributed by atoms with Crippen LogP contribution in [0.1, 0.15) is 12.5 Å². The van der Waals surface area contributed by atoms with Gasteiger partial charge in [-0.1, -0.05) is 41.7 Å². The van der Waals surface area contributed by atoms with Gasteiger partial charge in [0.05, 0.1) is 0 Å². The third-order valence-electron chi connectivity index (χ3n) is 1.34. The first-order valence-corrected chi connectivity index (χ1v) is 4.29. The molecule has 1 heterocycles. The Hall–Kier alpha value is 0.0200. The van der Waals surface area contributed by atoms with E-state index in [0.717, 1.165) is 12.0 Å². The van der Waals surface area contributed by atoms with E-state index >= 15 is 0 Å². The van der Waals surface area contributed by atoms with Crippen molar-refractivity contribution in [3.8, 4) is 0 Å². The maximum atomic E-state index is 5.83. The first-order valence-electron chi connectivity index (χ1n) is 3.15. The molecule has 0 unspecified atom stereocenters. The van der Waals surface area contributed by atoms with Crippen LogP contribution in [0.4, 0.5) is 0 Å². The molecule has 0 saturated heterocycles. The van der Waals surface area contributed by atoms with Crippen molar-refractivity contribution in [2.45, 2.75) is 13.3 Å². The van der Waals surface area contributed by atoms with E-state index in [-0.39, 0.29) is 0 Å². The van der Waals surface area contributed by atoms with Crippen LogP contribution in [-0.4, -0.2) is 4.98 Å². The molecular formula is C7H6Cl3N. The van der Waals surface area contributed by atoms with Crippen molar-refractivity contribution in [3.05, 3.63) is 27.0 Å². The summed E-state index contributed by atoms with van der Waals surface area (Å²) in [4.78, 5) is 3.85. The van der Waals surface area contributed by atoms with E-state index in [1.165, 1.54) is 0 Å². The highest BCUT2D eigenvalue weighted by molar-refractivity contribution is 6.37. The number of halogens is 3. The summed E-state index contributed by atoms with van der Waals surface area (Å²) < 4.78 is 0. The Morgan fingerprint density at radius 1 is 1.36 bits per heavy atom. The predicted molar refractivity (Wildman–Crippen MR) is 48.6 cm³/mol. The average Bonchev–Trinajstić information content (AvgIpc) is 1.85. The molecule has 0 aliphatic heterocycles. The lowest BCUT2D eigenvalue weighted by molar-refractivity contribution is 1.10. The lowest BCUT2D eigenvalue weighted by Crippen LogP contribution is -1.88. The summed E-state index contributed by atoms with van der Waals surface area (Å²) in [5.74, 6) is 0. The van der Waals surface area contributed by atoms with Gasteiger partial charge in [0.2, 0.25) is 0 Å². The Kier molecular flexibility index (Phi) is 2.99. The fourth-order valence-electron chi connectivity index (χ4n) is 0.798. The van der Waals surface area contributed by atoms with Crippen LogP contribution in [0.25, 0.3) is 0 Å². The summed E-state index contributed by atoms with van der Waals surface area (Å²) in [6, 6.07) is 1.59. The third kappa shape index (κ3) is 1.98. The van der Waals surface area contributed by atoms with Crippen molar-refractivity contribution < 1.29 is 0 Å². The summed E-state index contributed by atoms with van der Waals surface area (Å²) in [6.45, 7) is 1.96. The molecule has 0 radical (unpaired) electrons. The Morgan fingerprint density at radius 3 is 2.45 bits per heavy atom. The van der Waals surface area contributed by atoms with E-state index in [1.54, 1.807) is 6.07 Å². The minimum Gasteiger partial charge on any atom is -0.224 e. The fourth-order valence-corrected chi connectivity index (χ4v) is 1.79. The zero-order valence-electron chi connectivity index (χ0n) is 5.87. The normalized spacial score (nSPS) is 10.2. The van der Waals surface area contributed by atoms with Crippen LogP contribution in [0.3, 0.4) is 0 Å². The zero-order chi connectivity index (χ0) is 8.43. The average molecular weight is 210 g/mol. The second kappa shape index (κ2) is 3.61. The quantitative estimate of drug-likeness (QED) is 0.646. The summed E-state index contributed by atoms with van der Waals surface area (Å²) in [7, 11) is 0. The van der Waals surface area contributed by atoms with Crippen molar-refractivity contribution in [2.24, 2.45) is 0 Å². The van der Waals surface area contributed by atoms with E-state index in [0.29, 0.717) is 15.3 Å². The van der Waals surface area contributed by atoms with E-state index < -0.39 is 0 Å². The standard InChI is InChI=1S/C7H6Cl3N/c1-2-4-5(8)3-6(9)11-7(4)10/h3H,2H2,1H3. The maximum absolute atomic E-state index is 5.83. The molecule has 0 amide bonds. The molecule has 0 atom stereocenters. The number of pyridine rings is 1. The highest BCUT2D eigenvalue weighted by atomic mass is 35.5. The second-order valence-electron chi connectivity index (χ2n) is 2.05. The molecule has 1 nitrogen and oxygen atoms in total. The molecule has 0 aliphatic rings. The van der Waals surface area contributed by atoms with Crippen molar-refractivity contribution in [2.75, 3.05) is 0 Å². The van der Waals surface area contributed by atoms with Gasteiger partial charge in [0.25, 0.3) is 0 Å². The topological polar surface area (TPSA) is 12.9 Å².